The molecule has 0 aromatic heterocycles. The van der Waals surface area contributed by atoms with Gasteiger partial charge in [0.1, 0.15) is 6.10 Å². The highest BCUT2D eigenvalue weighted by molar-refractivity contribution is 6.72. The molecular weight excluding hydrogens is 316 g/mol. The lowest BCUT2D eigenvalue weighted by Crippen LogP contribution is -2.58. The van der Waals surface area contributed by atoms with Crippen LogP contribution in [0.4, 0.5) is 0 Å². The summed E-state index contributed by atoms with van der Waals surface area (Å²) in [6, 6.07) is 0.580. The molecule has 0 spiro atoms. The molecule has 1 atom stereocenters. The molecule has 10 heteroatoms. The van der Waals surface area contributed by atoms with Gasteiger partial charge in [-0.2, -0.15) is 0 Å². The summed E-state index contributed by atoms with van der Waals surface area (Å²) < 4.78 is 43.3. The molecule has 0 amide bonds. The highest BCUT2D eigenvalue weighted by atomic mass is 28.5. The first-order valence-corrected chi connectivity index (χ1v) is 10.3. The van der Waals surface area contributed by atoms with Crippen LogP contribution in [0, 0.1) is 0 Å². The fourth-order valence-corrected chi connectivity index (χ4v) is 7.01. The normalized spacial score (nSPS) is 19.0. The standard InChI is InChI=1S/C11H26O8Si2/c1-12-20(13-2,19-21(14-3,15-4)16-5)8-6-7-17-9-11-10-18-11/h11H,6-10H2,1-5H3. The van der Waals surface area contributed by atoms with E-state index in [-0.39, 0.29) is 6.10 Å². The molecule has 1 unspecified atom stereocenters. The minimum absolute atomic E-state index is 0.267. The summed E-state index contributed by atoms with van der Waals surface area (Å²) in [7, 11) is 1.38. The topological polar surface area (TPSA) is 77.1 Å². The van der Waals surface area contributed by atoms with Crippen LogP contribution in [-0.2, 0) is 35.7 Å². The summed E-state index contributed by atoms with van der Waals surface area (Å²) in [6.45, 7) is 2.01. The van der Waals surface area contributed by atoms with Crippen LogP contribution in [0.1, 0.15) is 6.42 Å². The highest BCUT2D eigenvalue weighted by Gasteiger charge is 2.54. The zero-order valence-electron chi connectivity index (χ0n) is 13.4. The van der Waals surface area contributed by atoms with Gasteiger partial charge in [0.2, 0.25) is 0 Å². The minimum atomic E-state index is -3.22. The molecule has 8 nitrogen and oxygen atoms in total. The zero-order valence-corrected chi connectivity index (χ0v) is 15.4. The third-order valence-corrected chi connectivity index (χ3v) is 9.08. The van der Waals surface area contributed by atoms with E-state index in [4.69, 9.17) is 35.7 Å². The Kier molecular flexibility index (Phi) is 8.48. The highest BCUT2D eigenvalue weighted by Crippen LogP contribution is 2.23. The molecule has 1 aliphatic heterocycles. The van der Waals surface area contributed by atoms with E-state index in [0.717, 1.165) is 13.0 Å². The van der Waals surface area contributed by atoms with E-state index in [1.807, 2.05) is 0 Å². The van der Waals surface area contributed by atoms with E-state index in [9.17, 15) is 0 Å². The molecule has 21 heavy (non-hydrogen) atoms. The van der Waals surface area contributed by atoms with E-state index in [2.05, 4.69) is 0 Å². The Labute approximate surface area is 128 Å². The average Bonchev–Trinajstić information content (AvgIpc) is 3.35. The monoisotopic (exact) mass is 342 g/mol. The molecule has 1 heterocycles. The van der Waals surface area contributed by atoms with Crippen LogP contribution in [0.2, 0.25) is 6.04 Å². The number of hydrogen-bond acceptors (Lipinski definition) is 8. The van der Waals surface area contributed by atoms with Crippen molar-refractivity contribution in [1.82, 2.24) is 0 Å². The van der Waals surface area contributed by atoms with Crippen molar-refractivity contribution in [2.75, 3.05) is 55.4 Å². The quantitative estimate of drug-likeness (QED) is 0.271. The van der Waals surface area contributed by atoms with Crippen molar-refractivity contribution in [3.05, 3.63) is 0 Å². The average molecular weight is 342 g/mol. The predicted octanol–water partition coefficient (Wildman–Crippen LogP) is 0.415. The van der Waals surface area contributed by atoms with Gasteiger partial charge in [0.25, 0.3) is 0 Å². The van der Waals surface area contributed by atoms with Gasteiger partial charge in [0.05, 0.1) is 13.2 Å². The van der Waals surface area contributed by atoms with Crippen molar-refractivity contribution in [2.24, 2.45) is 0 Å². The summed E-state index contributed by atoms with van der Waals surface area (Å²) in [6.07, 6.45) is 1.01. The summed E-state index contributed by atoms with van der Waals surface area (Å²) in [5.41, 5.74) is 0. The van der Waals surface area contributed by atoms with Crippen molar-refractivity contribution >= 4 is 17.9 Å². The molecule has 0 aromatic carbocycles. The SMILES string of the molecule is CO[Si](CCCOCC1CO1)(OC)O[Si](OC)(OC)OC. The van der Waals surface area contributed by atoms with Gasteiger partial charge < -0.3 is 35.7 Å². The Bertz CT molecular complexity index is 273. The third kappa shape index (κ3) is 6.02. The van der Waals surface area contributed by atoms with Crippen LogP contribution < -0.4 is 0 Å². The molecule has 1 rings (SSSR count). The van der Waals surface area contributed by atoms with Crippen LogP contribution in [0.25, 0.3) is 0 Å². The Morgan fingerprint density at radius 1 is 0.952 bits per heavy atom. The predicted molar refractivity (Wildman–Crippen MR) is 77.6 cm³/mol. The zero-order chi connectivity index (χ0) is 15.8. The molecule has 0 radical (unpaired) electrons. The smallest absolute Gasteiger partial charge is 0.379 e. The van der Waals surface area contributed by atoms with Crippen LogP contribution in [-0.4, -0.2) is 79.3 Å². The molecule has 126 valence electrons. The van der Waals surface area contributed by atoms with Crippen LogP contribution in [0.3, 0.4) is 0 Å². The number of ether oxygens (including phenoxy) is 2. The third-order valence-electron chi connectivity index (χ3n) is 3.13. The Morgan fingerprint density at radius 3 is 1.95 bits per heavy atom. The second kappa shape index (κ2) is 9.30. The molecule has 1 aliphatic rings. The first-order valence-electron chi connectivity index (χ1n) is 6.74. The summed E-state index contributed by atoms with van der Waals surface area (Å²) in [4.78, 5) is 0. The van der Waals surface area contributed by atoms with Crippen molar-refractivity contribution < 1.29 is 35.7 Å². The van der Waals surface area contributed by atoms with Gasteiger partial charge in [0, 0.05) is 48.2 Å². The molecule has 0 N–H and O–H groups in total. The first kappa shape index (κ1) is 19.2. The van der Waals surface area contributed by atoms with E-state index in [1.54, 1.807) is 14.2 Å². The summed E-state index contributed by atoms with van der Waals surface area (Å²) in [5, 5.41) is 0. The van der Waals surface area contributed by atoms with Gasteiger partial charge in [-0.15, -0.1) is 0 Å². The lowest BCUT2D eigenvalue weighted by molar-refractivity contribution is 0.0135. The largest absolute Gasteiger partial charge is 0.671 e. The second-order valence-corrected chi connectivity index (χ2v) is 10.2. The van der Waals surface area contributed by atoms with Gasteiger partial charge in [0.15, 0.2) is 0 Å². The van der Waals surface area contributed by atoms with Crippen LogP contribution in [0.5, 0.6) is 0 Å². The van der Waals surface area contributed by atoms with Gasteiger partial charge in [-0.05, 0) is 6.42 Å². The van der Waals surface area contributed by atoms with E-state index in [1.165, 1.54) is 21.3 Å². The van der Waals surface area contributed by atoms with Gasteiger partial charge in [-0.1, -0.05) is 0 Å². The van der Waals surface area contributed by atoms with E-state index in [0.29, 0.717) is 19.3 Å². The number of hydrogen-bond donors (Lipinski definition) is 0. The van der Waals surface area contributed by atoms with Gasteiger partial charge in [-0.25, -0.2) is 0 Å². The Hall–Kier alpha value is 0.114. The number of epoxide rings is 1. The Morgan fingerprint density at radius 2 is 1.52 bits per heavy atom. The van der Waals surface area contributed by atoms with Crippen molar-refractivity contribution in [3.8, 4) is 0 Å². The molecule has 1 saturated heterocycles. The molecular formula is C11H26O8Si2. The lowest BCUT2D eigenvalue weighted by Gasteiger charge is -2.33. The maximum absolute atomic E-state index is 5.90. The van der Waals surface area contributed by atoms with Gasteiger partial charge in [-0.3, -0.25) is 0 Å². The van der Waals surface area contributed by atoms with Crippen LogP contribution >= 0.6 is 0 Å². The molecule has 1 fully saturated rings. The fraction of sp³-hybridized carbons (Fsp3) is 1.00. The summed E-state index contributed by atoms with van der Waals surface area (Å²) in [5.74, 6) is 0. The maximum atomic E-state index is 5.90. The Balaban J connectivity index is 2.46. The lowest BCUT2D eigenvalue weighted by atomic mass is 10.5. The summed E-state index contributed by atoms with van der Waals surface area (Å²) >= 11 is 0. The fourth-order valence-electron chi connectivity index (χ4n) is 1.76. The van der Waals surface area contributed by atoms with Crippen molar-refractivity contribution in [1.29, 1.82) is 0 Å². The van der Waals surface area contributed by atoms with Crippen LogP contribution in [0.15, 0.2) is 0 Å². The molecule has 0 saturated carbocycles. The molecule has 0 bridgehead atoms. The van der Waals surface area contributed by atoms with E-state index < -0.39 is 17.9 Å². The minimum Gasteiger partial charge on any atom is -0.379 e. The van der Waals surface area contributed by atoms with E-state index >= 15 is 0 Å². The maximum Gasteiger partial charge on any atom is 0.671 e. The second-order valence-electron chi connectivity index (χ2n) is 4.44. The first-order chi connectivity index (χ1) is 10.1. The number of rotatable bonds is 13. The van der Waals surface area contributed by atoms with Crippen molar-refractivity contribution in [2.45, 2.75) is 18.6 Å². The van der Waals surface area contributed by atoms with Crippen molar-refractivity contribution in [3.63, 3.8) is 0 Å². The van der Waals surface area contributed by atoms with Gasteiger partial charge >= 0.3 is 17.9 Å². The molecule has 0 aromatic rings. The molecule has 0 aliphatic carbocycles.